The van der Waals surface area contributed by atoms with Crippen LogP contribution in [0.4, 0.5) is 0 Å². The van der Waals surface area contributed by atoms with Crippen LogP contribution in [0.5, 0.6) is 0 Å². The Morgan fingerprint density at radius 2 is 1.89 bits per heavy atom. The highest BCUT2D eigenvalue weighted by atomic mass is 32.2. The van der Waals surface area contributed by atoms with Crippen LogP contribution in [-0.4, -0.2) is 48.1 Å². The van der Waals surface area contributed by atoms with Crippen LogP contribution in [-0.2, 0) is 27.1 Å². The lowest BCUT2D eigenvalue weighted by Gasteiger charge is -2.30. The van der Waals surface area contributed by atoms with Crippen molar-refractivity contribution in [1.29, 1.82) is 0 Å². The summed E-state index contributed by atoms with van der Waals surface area (Å²) in [6.07, 6.45) is 4.27. The Hall–Kier alpha value is -2.39. The first-order valence-corrected chi connectivity index (χ1v) is 15.6. The summed E-state index contributed by atoms with van der Waals surface area (Å²) in [5.74, 6) is 1.17. The number of thioether (sulfide) groups is 1. The number of imidazole rings is 1. The zero-order chi connectivity index (χ0) is 25.4. The first-order valence-electron chi connectivity index (χ1n) is 13.2. The number of rotatable bonds is 7. The third-order valence-electron chi connectivity index (χ3n) is 7.53. The minimum Gasteiger partial charge on any atom is -0.376 e. The van der Waals surface area contributed by atoms with Crippen LogP contribution >= 0.6 is 11.8 Å². The largest absolute Gasteiger partial charge is 0.376 e. The number of aromatic nitrogens is 2. The molecule has 37 heavy (non-hydrogen) atoms. The van der Waals surface area contributed by atoms with Crippen LogP contribution in [0.1, 0.15) is 38.2 Å². The second-order valence-corrected chi connectivity index (χ2v) is 13.3. The van der Waals surface area contributed by atoms with Crippen LogP contribution in [0.15, 0.2) is 70.7 Å². The zero-order valence-corrected chi connectivity index (χ0v) is 22.8. The number of sulfonamides is 1. The highest BCUT2D eigenvalue weighted by molar-refractivity contribution is 7.98. The quantitative estimate of drug-likeness (QED) is 0.268. The maximum absolute atomic E-state index is 13.4. The molecule has 0 amide bonds. The number of hydrogen-bond donors (Lipinski definition) is 0. The summed E-state index contributed by atoms with van der Waals surface area (Å²) < 4.78 is 36.7. The topological polar surface area (TPSA) is 64.4 Å². The summed E-state index contributed by atoms with van der Waals surface area (Å²) in [5.41, 5.74) is 2.93. The fourth-order valence-electron chi connectivity index (χ4n) is 5.52. The van der Waals surface area contributed by atoms with Crippen molar-refractivity contribution in [2.45, 2.75) is 61.1 Å². The van der Waals surface area contributed by atoms with Gasteiger partial charge >= 0.3 is 0 Å². The second-order valence-electron chi connectivity index (χ2n) is 10.4. The van der Waals surface area contributed by atoms with Gasteiger partial charge in [0.05, 0.1) is 28.6 Å². The third kappa shape index (κ3) is 5.17. The Labute approximate surface area is 223 Å². The van der Waals surface area contributed by atoms with Gasteiger partial charge in [-0.25, -0.2) is 13.4 Å². The molecule has 0 N–H and O–H groups in total. The highest BCUT2D eigenvalue weighted by Crippen LogP contribution is 2.32. The Kier molecular flexibility index (Phi) is 7.01. The lowest BCUT2D eigenvalue weighted by atomic mass is 10.0. The number of piperidine rings is 1. The molecule has 3 heterocycles. The van der Waals surface area contributed by atoms with Crippen molar-refractivity contribution < 1.29 is 13.2 Å². The van der Waals surface area contributed by atoms with E-state index in [1.165, 1.54) is 16.3 Å². The molecule has 3 aromatic carbocycles. The normalized spacial score (nSPS) is 21.2. The SMILES string of the molecule is C[C@H]1CCCN(S(=O)(=O)c2ccc3c(c2)nc(SCc2ccc4ccccc4c2)n3C[C@H]2CCCO2)C1. The van der Waals surface area contributed by atoms with Crippen LogP contribution in [0.3, 0.4) is 0 Å². The molecule has 194 valence electrons. The predicted octanol–water partition coefficient (Wildman–Crippen LogP) is 6.08. The van der Waals surface area contributed by atoms with E-state index in [0.717, 1.165) is 60.8 Å². The van der Waals surface area contributed by atoms with Crippen LogP contribution in [0.25, 0.3) is 21.8 Å². The van der Waals surface area contributed by atoms with Gasteiger partial charge in [-0.05, 0) is 66.1 Å². The first-order chi connectivity index (χ1) is 18.0. The number of ether oxygens (including phenoxy) is 1. The van der Waals surface area contributed by atoms with E-state index in [9.17, 15) is 8.42 Å². The van der Waals surface area contributed by atoms with Crippen molar-refractivity contribution in [3.63, 3.8) is 0 Å². The van der Waals surface area contributed by atoms with Gasteiger partial charge in [0, 0.05) is 25.4 Å². The van der Waals surface area contributed by atoms with Crippen LogP contribution in [0, 0.1) is 5.92 Å². The van der Waals surface area contributed by atoms with Crippen molar-refractivity contribution in [2.75, 3.05) is 19.7 Å². The molecule has 0 aliphatic carbocycles. The van der Waals surface area contributed by atoms with Gasteiger partial charge in [-0.15, -0.1) is 0 Å². The lowest BCUT2D eigenvalue weighted by Crippen LogP contribution is -2.39. The smallest absolute Gasteiger partial charge is 0.243 e. The van der Waals surface area contributed by atoms with E-state index < -0.39 is 10.0 Å². The van der Waals surface area contributed by atoms with Crippen LogP contribution < -0.4 is 0 Å². The fraction of sp³-hybridized carbons (Fsp3) is 0.414. The average molecular weight is 536 g/mol. The number of hydrogen-bond acceptors (Lipinski definition) is 5. The molecule has 0 unspecified atom stereocenters. The summed E-state index contributed by atoms with van der Waals surface area (Å²) >= 11 is 1.70. The molecule has 0 saturated carbocycles. The fourth-order valence-corrected chi connectivity index (χ4v) is 8.10. The molecule has 2 saturated heterocycles. The maximum Gasteiger partial charge on any atom is 0.243 e. The molecule has 6 nitrogen and oxygen atoms in total. The van der Waals surface area contributed by atoms with Gasteiger partial charge < -0.3 is 9.30 Å². The number of fused-ring (bicyclic) bond motifs is 2. The molecule has 2 fully saturated rings. The molecule has 2 aliphatic rings. The molecule has 2 aliphatic heterocycles. The van der Waals surface area contributed by atoms with Gasteiger partial charge in [-0.2, -0.15) is 4.31 Å². The molecular formula is C29H33N3O3S2. The summed E-state index contributed by atoms with van der Waals surface area (Å²) in [6.45, 7) is 4.82. The minimum absolute atomic E-state index is 0.163. The van der Waals surface area contributed by atoms with E-state index in [1.807, 2.05) is 6.07 Å². The molecule has 0 bridgehead atoms. The average Bonchev–Trinajstić information content (AvgIpc) is 3.55. The highest BCUT2D eigenvalue weighted by Gasteiger charge is 2.29. The van der Waals surface area contributed by atoms with Crippen molar-refractivity contribution in [3.8, 4) is 0 Å². The van der Waals surface area contributed by atoms with Gasteiger partial charge in [0.15, 0.2) is 5.16 Å². The van der Waals surface area contributed by atoms with E-state index in [-0.39, 0.29) is 6.10 Å². The Morgan fingerprint density at radius 1 is 1.03 bits per heavy atom. The minimum atomic E-state index is -3.54. The molecule has 1 aromatic heterocycles. The van der Waals surface area contributed by atoms with Crippen molar-refractivity contribution >= 4 is 43.6 Å². The van der Waals surface area contributed by atoms with Gasteiger partial charge in [0.1, 0.15) is 0 Å². The lowest BCUT2D eigenvalue weighted by molar-refractivity contribution is 0.0960. The molecule has 4 aromatic rings. The van der Waals surface area contributed by atoms with E-state index in [4.69, 9.17) is 9.72 Å². The van der Waals surface area contributed by atoms with Gasteiger partial charge in [-0.1, -0.05) is 61.2 Å². The van der Waals surface area contributed by atoms with Gasteiger partial charge in [-0.3, -0.25) is 0 Å². The first kappa shape index (κ1) is 24.9. The molecule has 0 radical (unpaired) electrons. The van der Waals surface area contributed by atoms with Crippen molar-refractivity contribution in [1.82, 2.24) is 13.9 Å². The summed E-state index contributed by atoms with van der Waals surface area (Å²) in [4.78, 5) is 5.29. The van der Waals surface area contributed by atoms with Gasteiger partial charge in [0.25, 0.3) is 0 Å². The van der Waals surface area contributed by atoms with Crippen molar-refractivity contribution in [2.24, 2.45) is 5.92 Å². The monoisotopic (exact) mass is 535 g/mol. The molecular weight excluding hydrogens is 502 g/mol. The Bertz CT molecular complexity index is 1530. The van der Waals surface area contributed by atoms with E-state index in [2.05, 4.69) is 54.0 Å². The zero-order valence-electron chi connectivity index (χ0n) is 21.2. The van der Waals surface area contributed by atoms with Gasteiger partial charge in [0.2, 0.25) is 10.0 Å². The van der Waals surface area contributed by atoms with Crippen molar-refractivity contribution in [3.05, 3.63) is 66.2 Å². The van der Waals surface area contributed by atoms with E-state index >= 15 is 0 Å². The van der Waals surface area contributed by atoms with Crippen LogP contribution in [0.2, 0.25) is 0 Å². The van der Waals surface area contributed by atoms with E-state index in [1.54, 1.807) is 28.2 Å². The summed E-state index contributed by atoms with van der Waals surface area (Å²) in [5, 5.41) is 3.37. The number of nitrogens with zero attached hydrogens (tertiary/aromatic N) is 3. The molecule has 8 heteroatoms. The second kappa shape index (κ2) is 10.4. The Balaban J connectivity index is 1.32. The number of benzene rings is 3. The Morgan fingerprint density at radius 3 is 2.70 bits per heavy atom. The predicted molar refractivity (Wildman–Crippen MR) is 149 cm³/mol. The summed E-state index contributed by atoms with van der Waals surface area (Å²) in [7, 11) is -3.54. The third-order valence-corrected chi connectivity index (χ3v) is 10.4. The summed E-state index contributed by atoms with van der Waals surface area (Å²) in [6, 6.07) is 20.4. The molecule has 0 spiro atoms. The maximum atomic E-state index is 13.4. The molecule has 2 atom stereocenters. The van der Waals surface area contributed by atoms with E-state index in [0.29, 0.717) is 23.9 Å². The standard InChI is InChI=1S/C29H33N3O3S2/c1-21-6-4-14-31(18-21)37(33,34)26-12-13-28-27(17-26)30-29(32(28)19-25-9-5-15-35-25)36-20-22-10-11-23-7-2-3-8-24(23)16-22/h2-3,7-8,10-13,16-17,21,25H,4-6,9,14-15,18-20H2,1H3/t21-,25+/m0/s1. The molecule has 6 rings (SSSR count).